The maximum absolute atomic E-state index is 2.50. The fourth-order valence-corrected chi connectivity index (χ4v) is 9.62. The third-order valence-corrected chi connectivity index (χ3v) is 12.5. The van der Waals surface area contributed by atoms with Gasteiger partial charge in [-0.05, 0) is 124 Å². The first-order valence-corrected chi connectivity index (χ1v) is 21.4. The Bertz CT molecular complexity index is 3140. The normalized spacial score (nSPS) is 12.7. The summed E-state index contributed by atoms with van der Waals surface area (Å²) in [5.41, 5.74) is 17.8. The van der Waals surface area contributed by atoms with Crippen LogP contribution < -0.4 is 9.80 Å². The quantitative estimate of drug-likeness (QED) is 0.135. The Kier molecular flexibility index (Phi) is 9.17. The van der Waals surface area contributed by atoms with Gasteiger partial charge in [-0.2, -0.15) is 0 Å². The van der Waals surface area contributed by atoms with Gasteiger partial charge in [-0.25, -0.2) is 0 Å². The number of fused-ring (bicyclic) bond motifs is 7. The van der Waals surface area contributed by atoms with Crippen molar-refractivity contribution >= 4 is 68.1 Å². The summed E-state index contributed by atoms with van der Waals surface area (Å²) in [7, 11) is 0. The lowest BCUT2D eigenvalue weighted by Gasteiger charge is -2.25. The molecule has 0 spiro atoms. The molecule has 10 aromatic rings. The molecule has 0 N–H and O–H groups in total. The fraction of sp³-hybridized carbons (Fsp3) is 0.0508. The molecule has 9 aromatic carbocycles. The molecule has 62 heavy (non-hydrogen) atoms. The van der Waals surface area contributed by atoms with Gasteiger partial charge >= 0.3 is 0 Å². The highest BCUT2D eigenvalue weighted by Crippen LogP contribution is 2.53. The summed E-state index contributed by atoms with van der Waals surface area (Å²) in [6, 6.07) is 80.8. The van der Waals surface area contributed by atoms with E-state index in [0.717, 1.165) is 45.4 Å². The molecule has 1 heterocycles. The topological polar surface area (TPSA) is 11.4 Å². The van der Waals surface area contributed by atoms with Crippen LogP contribution in [-0.4, -0.2) is 4.57 Å². The van der Waals surface area contributed by atoms with E-state index in [1.807, 2.05) is 0 Å². The molecule has 0 bridgehead atoms. The average molecular weight is 796 g/mol. The second-order valence-corrected chi connectivity index (χ2v) is 16.6. The second-order valence-electron chi connectivity index (χ2n) is 16.6. The van der Waals surface area contributed by atoms with Crippen LogP contribution in [-0.2, 0) is 5.41 Å². The summed E-state index contributed by atoms with van der Waals surface area (Å²) >= 11 is 0. The van der Waals surface area contributed by atoms with Crippen molar-refractivity contribution in [1.82, 2.24) is 4.57 Å². The maximum atomic E-state index is 2.50. The molecule has 0 saturated heterocycles. The van der Waals surface area contributed by atoms with Crippen molar-refractivity contribution in [1.29, 1.82) is 0 Å². The van der Waals surface area contributed by atoms with Crippen LogP contribution in [0, 0.1) is 0 Å². The van der Waals surface area contributed by atoms with Gasteiger partial charge in [0.05, 0.1) is 11.0 Å². The molecule has 296 valence electrons. The fourth-order valence-electron chi connectivity index (χ4n) is 9.62. The van der Waals surface area contributed by atoms with E-state index >= 15 is 0 Å². The summed E-state index contributed by atoms with van der Waals surface area (Å²) in [6.07, 6.45) is 4.48. The standard InChI is InChI=1S/C59H45N3/c1-59(2)55-40-43(29-28-42-30-33-49(34-31-42)60(44-18-8-3-9-19-44)45-20-10-4-11-21-45)32-36-51(55)52-37-38-53-54-41-50(61(46-22-12-5-13-23-46)47-24-14-6-15-25-47)35-39-56(54)62(58(53)57(52)59)48-26-16-7-17-27-48/h3-41H,1-2H3. The van der Waals surface area contributed by atoms with E-state index in [9.17, 15) is 0 Å². The third-order valence-electron chi connectivity index (χ3n) is 12.5. The van der Waals surface area contributed by atoms with Crippen molar-refractivity contribution in [3.05, 3.63) is 247 Å². The van der Waals surface area contributed by atoms with E-state index in [1.54, 1.807) is 0 Å². The molecule has 0 saturated carbocycles. The highest BCUT2D eigenvalue weighted by Gasteiger charge is 2.39. The smallest absolute Gasteiger partial charge is 0.0588 e. The average Bonchev–Trinajstić information content (AvgIpc) is 3.78. The van der Waals surface area contributed by atoms with E-state index in [1.165, 1.54) is 49.6 Å². The largest absolute Gasteiger partial charge is 0.311 e. The SMILES string of the molecule is CC1(C)c2cc(C=Cc3ccc(N(c4ccccc4)c4ccccc4)cc3)ccc2-c2ccc3c4cc(N(c5ccccc5)c5ccccc5)ccc4n(-c4ccccc4)c3c21. The molecule has 0 aliphatic heterocycles. The van der Waals surface area contributed by atoms with Gasteiger partial charge in [-0.3, -0.25) is 0 Å². The summed E-state index contributed by atoms with van der Waals surface area (Å²) < 4.78 is 2.50. The number of para-hydroxylation sites is 5. The molecule has 1 aliphatic carbocycles. The summed E-state index contributed by atoms with van der Waals surface area (Å²) in [4.78, 5) is 4.65. The minimum absolute atomic E-state index is 0.252. The van der Waals surface area contributed by atoms with E-state index in [2.05, 4.69) is 265 Å². The van der Waals surface area contributed by atoms with Crippen LogP contribution in [0.25, 0.3) is 50.8 Å². The lowest BCUT2D eigenvalue weighted by molar-refractivity contribution is 0.663. The Morgan fingerprint density at radius 2 is 0.839 bits per heavy atom. The van der Waals surface area contributed by atoms with Crippen LogP contribution >= 0.6 is 0 Å². The van der Waals surface area contributed by atoms with Gasteiger partial charge in [-0.1, -0.05) is 159 Å². The first-order chi connectivity index (χ1) is 30.5. The number of anilines is 6. The zero-order chi connectivity index (χ0) is 41.6. The molecule has 3 nitrogen and oxygen atoms in total. The molecule has 0 atom stereocenters. The molecular formula is C59H45N3. The maximum Gasteiger partial charge on any atom is 0.0588 e. The van der Waals surface area contributed by atoms with Crippen LogP contribution in [0.5, 0.6) is 0 Å². The van der Waals surface area contributed by atoms with Gasteiger partial charge in [0.2, 0.25) is 0 Å². The van der Waals surface area contributed by atoms with E-state index in [4.69, 9.17) is 0 Å². The van der Waals surface area contributed by atoms with Crippen LogP contribution in [0.2, 0.25) is 0 Å². The zero-order valence-corrected chi connectivity index (χ0v) is 34.9. The van der Waals surface area contributed by atoms with Crippen molar-refractivity contribution in [2.24, 2.45) is 0 Å². The molecule has 0 amide bonds. The van der Waals surface area contributed by atoms with Crippen molar-refractivity contribution in [2.45, 2.75) is 19.3 Å². The number of nitrogens with zero attached hydrogens (tertiary/aromatic N) is 3. The summed E-state index contributed by atoms with van der Waals surface area (Å²) in [6.45, 7) is 4.80. The minimum atomic E-state index is -0.252. The number of rotatable bonds is 9. The van der Waals surface area contributed by atoms with E-state index in [-0.39, 0.29) is 5.41 Å². The second kappa shape index (κ2) is 15.3. The van der Waals surface area contributed by atoms with E-state index in [0.29, 0.717) is 0 Å². The van der Waals surface area contributed by atoms with Crippen molar-refractivity contribution < 1.29 is 0 Å². The molecular weight excluding hydrogens is 751 g/mol. The lowest BCUT2D eigenvalue weighted by Crippen LogP contribution is -2.16. The van der Waals surface area contributed by atoms with Crippen LogP contribution in [0.3, 0.4) is 0 Å². The molecule has 3 heteroatoms. The monoisotopic (exact) mass is 795 g/mol. The van der Waals surface area contributed by atoms with Gasteiger partial charge < -0.3 is 14.4 Å². The van der Waals surface area contributed by atoms with Crippen LogP contribution in [0.4, 0.5) is 34.1 Å². The molecule has 0 unspecified atom stereocenters. The summed E-state index contributed by atoms with van der Waals surface area (Å²) in [5.74, 6) is 0. The molecule has 11 rings (SSSR count). The van der Waals surface area contributed by atoms with Gasteiger partial charge in [0.25, 0.3) is 0 Å². The predicted octanol–water partition coefficient (Wildman–Crippen LogP) is 16.2. The number of benzene rings is 9. The van der Waals surface area contributed by atoms with Crippen molar-refractivity contribution in [3.8, 4) is 16.8 Å². The molecule has 0 radical (unpaired) electrons. The Morgan fingerprint density at radius 3 is 1.40 bits per heavy atom. The summed E-state index contributed by atoms with van der Waals surface area (Å²) in [5, 5.41) is 2.49. The van der Waals surface area contributed by atoms with Crippen LogP contribution in [0.1, 0.15) is 36.1 Å². The minimum Gasteiger partial charge on any atom is -0.311 e. The number of hydrogen-bond donors (Lipinski definition) is 0. The molecule has 0 fully saturated rings. The van der Waals surface area contributed by atoms with Gasteiger partial charge in [0.1, 0.15) is 0 Å². The Labute approximate surface area is 363 Å². The molecule has 1 aliphatic rings. The Hall–Kier alpha value is -7.88. The highest BCUT2D eigenvalue weighted by molar-refractivity contribution is 6.14. The zero-order valence-electron chi connectivity index (χ0n) is 34.9. The Balaban J connectivity index is 0.984. The molecule has 1 aromatic heterocycles. The first-order valence-electron chi connectivity index (χ1n) is 21.4. The predicted molar refractivity (Wildman–Crippen MR) is 263 cm³/mol. The lowest BCUT2D eigenvalue weighted by atomic mass is 9.81. The van der Waals surface area contributed by atoms with Gasteiger partial charge in [-0.15, -0.1) is 0 Å². The van der Waals surface area contributed by atoms with E-state index < -0.39 is 0 Å². The van der Waals surface area contributed by atoms with Crippen molar-refractivity contribution in [3.63, 3.8) is 0 Å². The van der Waals surface area contributed by atoms with Crippen LogP contribution in [0.15, 0.2) is 224 Å². The number of aromatic nitrogens is 1. The highest BCUT2D eigenvalue weighted by atomic mass is 15.1. The number of hydrogen-bond acceptors (Lipinski definition) is 2. The van der Waals surface area contributed by atoms with Gasteiger partial charge in [0, 0.05) is 56.0 Å². The third kappa shape index (κ3) is 6.38. The van der Waals surface area contributed by atoms with Gasteiger partial charge in [0.15, 0.2) is 0 Å². The van der Waals surface area contributed by atoms with Crippen molar-refractivity contribution in [2.75, 3.05) is 9.80 Å². The first kappa shape index (κ1) is 37.1. The Morgan fingerprint density at radius 1 is 0.387 bits per heavy atom.